The minimum atomic E-state index is -3.71. The molecule has 1 N–H and O–H groups in total. The van der Waals surface area contributed by atoms with Gasteiger partial charge >= 0.3 is 11.6 Å². The Balaban J connectivity index is 1.44. The number of benzene rings is 2. The van der Waals surface area contributed by atoms with Gasteiger partial charge in [0.25, 0.3) is 0 Å². The third-order valence-corrected chi connectivity index (χ3v) is 7.17. The van der Waals surface area contributed by atoms with Crippen LogP contribution in [-0.4, -0.2) is 33.6 Å². The maximum atomic E-state index is 12.5. The first kappa shape index (κ1) is 23.2. The van der Waals surface area contributed by atoms with Gasteiger partial charge < -0.3 is 13.9 Å². The van der Waals surface area contributed by atoms with Gasteiger partial charge in [-0.3, -0.25) is 0 Å². The van der Waals surface area contributed by atoms with E-state index in [1.165, 1.54) is 30.3 Å². The number of hydrogen-bond donors (Lipinski definition) is 1. The summed E-state index contributed by atoms with van der Waals surface area (Å²) in [4.78, 5) is 24.5. The van der Waals surface area contributed by atoms with Crippen LogP contribution in [0.4, 0.5) is 0 Å². The molecule has 1 aliphatic rings. The number of fused-ring (bicyclic) bond motifs is 1. The van der Waals surface area contributed by atoms with E-state index in [1.807, 2.05) is 19.9 Å². The van der Waals surface area contributed by atoms with Crippen molar-refractivity contribution in [2.45, 2.75) is 44.3 Å². The van der Waals surface area contributed by atoms with Gasteiger partial charge in [0.1, 0.15) is 12.2 Å². The predicted octanol–water partition coefficient (Wildman–Crippen LogP) is 3.22. The van der Waals surface area contributed by atoms with Crippen LogP contribution >= 0.6 is 0 Å². The first-order chi connectivity index (χ1) is 15.7. The molecule has 1 aliphatic heterocycles. The van der Waals surface area contributed by atoms with Gasteiger partial charge in [0.2, 0.25) is 10.0 Å². The van der Waals surface area contributed by atoms with Gasteiger partial charge in [0.15, 0.2) is 0 Å². The Kier molecular flexibility index (Phi) is 6.64. The molecule has 1 saturated heterocycles. The lowest BCUT2D eigenvalue weighted by molar-refractivity contribution is 0.0473. The van der Waals surface area contributed by atoms with Crippen LogP contribution < -0.4 is 10.3 Å². The zero-order chi connectivity index (χ0) is 23.6. The Morgan fingerprint density at radius 1 is 1.12 bits per heavy atom. The van der Waals surface area contributed by atoms with Crippen LogP contribution in [0.15, 0.2) is 56.6 Å². The molecule has 3 aromatic rings. The number of carbonyl (C=O) groups is 1. The second kappa shape index (κ2) is 9.46. The van der Waals surface area contributed by atoms with E-state index in [0.717, 1.165) is 24.0 Å². The molecule has 0 aliphatic carbocycles. The monoisotopic (exact) mass is 471 g/mol. The molecule has 4 rings (SSSR count). The zero-order valence-electron chi connectivity index (χ0n) is 18.4. The molecule has 0 saturated carbocycles. The summed E-state index contributed by atoms with van der Waals surface area (Å²) in [5.41, 5.74) is 2.65. The summed E-state index contributed by atoms with van der Waals surface area (Å²) < 4.78 is 43.5. The third-order valence-electron chi connectivity index (χ3n) is 5.73. The average molecular weight is 472 g/mol. The average Bonchev–Trinajstić information content (AvgIpc) is 3.31. The molecular formula is C24H25NO7S. The quantitative estimate of drug-likeness (QED) is 0.416. The molecule has 1 aromatic heterocycles. The Bertz CT molecular complexity index is 1340. The molecule has 0 bridgehead atoms. The largest absolute Gasteiger partial charge is 0.457 e. The normalized spacial score (nSPS) is 16.2. The second-order valence-corrected chi connectivity index (χ2v) is 9.88. The van der Waals surface area contributed by atoms with E-state index in [1.54, 1.807) is 6.07 Å². The van der Waals surface area contributed by atoms with Crippen LogP contribution in [0.3, 0.4) is 0 Å². The number of hydrogen-bond acceptors (Lipinski definition) is 7. The second-order valence-electron chi connectivity index (χ2n) is 8.11. The molecular weight excluding hydrogens is 446 g/mol. The van der Waals surface area contributed by atoms with Crippen molar-refractivity contribution in [3.05, 3.63) is 75.1 Å². The molecule has 33 heavy (non-hydrogen) atoms. The fourth-order valence-corrected chi connectivity index (χ4v) is 4.76. The van der Waals surface area contributed by atoms with Crippen LogP contribution in [-0.2, 0) is 26.1 Å². The smallest absolute Gasteiger partial charge is 0.338 e. The third kappa shape index (κ3) is 5.32. The summed E-state index contributed by atoms with van der Waals surface area (Å²) in [6.07, 6.45) is 1.63. The highest BCUT2D eigenvalue weighted by molar-refractivity contribution is 7.89. The van der Waals surface area contributed by atoms with Crippen LogP contribution in [0.5, 0.6) is 0 Å². The summed E-state index contributed by atoms with van der Waals surface area (Å²) in [5, 5.41) is 0.698. The van der Waals surface area contributed by atoms with Crippen LogP contribution in [0, 0.1) is 13.8 Å². The van der Waals surface area contributed by atoms with Crippen LogP contribution in [0.25, 0.3) is 11.0 Å². The van der Waals surface area contributed by atoms with E-state index < -0.39 is 21.6 Å². The number of sulfonamides is 1. The van der Waals surface area contributed by atoms with Gasteiger partial charge in [0.05, 0.1) is 16.6 Å². The maximum Gasteiger partial charge on any atom is 0.338 e. The highest BCUT2D eigenvalue weighted by Crippen LogP contribution is 2.22. The van der Waals surface area contributed by atoms with E-state index in [-0.39, 0.29) is 29.7 Å². The summed E-state index contributed by atoms with van der Waals surface area (Å²) in [6.45, 7) is 4.60. The van der Waals surface area contributed by atoms with Crippen LogP contribution in [0.2, 0.25) is 0 Å². The van der Waals surface area contributed by atoms with Crippen molar-refractivity contribution in [2.75, 3.05) is 13.2 Å². The molecule has 1 atom stereocenters. The van der Waals surface area contributed by atoms with E-state index in [9.17, 15) is 18.0 Å². The molecule has 0 spiro atoms. The minimum Gasteiger partial charge on any atom is -0.457 e. The number of carbonyl (C=O) groups excluding carboxylic acids is 1. The maximum absolute atomic E-state index is 12.5. The predicted molar refractivity (Wildman–Crippen MR) is 122 cm³/mol. The van der Waals surface area contributed by atoms with E-state index >= 15 is 0 Å². The van der Waals surface area contributed by atoms with Gasteiger partial charge in [-0.15, -0.1) is 0 Å². The Labute approximate surface area is 191 Å². The van der Waals surface area contributed by atoms with E-state index in [2.05, 4.69) is 4.72 Å². The molecule has 9 heteroatoms. The van der Waals surface area contributed by atoms with Crippen molar-refractivity contribution in [1.82, 2.24) is 4.72 Å². The first-order valence-corrected chi connectivity index (χ1v) is 12.1. The van der Waals surface area contributed by atoms with Gasteiger partial charge in [-0.05, 0) is 74.2 Å². The molecule has 1 fully saturated rings. The molecule has 2 heterocycles. The van der Waals surface area contributed by atoms with Crippen molar-refractivity contribution in [2.24, 2.45) is 0 Å². The highest BCUT2D eigenvalue weighted by Gasteiger charge is 2.21. The minimum absolute atomic E-state index is 0.0505. The Morgan fingerprint density at radius 2 is 1.85 bits per heavy atom. The fraction of sp³-hybridized carbons (Fsp3) is 0.333. The summed E-state index contributed by atoms with van der Waals surface area (Å²) in [7, 11) is -3.71. The van der Waals surface area contributed by atoms with Gasteiger partial charge in [-0.2, -0.15) is 0 Å². The van der Waals surface area contributed by atoms with Gasteiger partial charge in [-0.1, -0.05) is 0 Å². The van der Waals surface area contributed by atoms with Gasteiger partial charge in [0, 0.05) is 30.2 Å². The lowest BCUT2D eigenvalue weighted by atomic mass is 10.0. The number of nitrogens with one attached hydrogen (secondary N) is 1. The molecule has 174 valence electrons. The SMILES string of the molecule is Cc1cc2oc(=O)cc(COC(=O)c3ccc(S(=O)(=O)NC[C@H]4CCCO4)cc3)c2cc1C. The Hall–Kier alpha value is -3.01. The van der Waals surface area contributed by atoms with Crippen molar-refractivity contribution in [3.8, 4) is 0 Å². The summed E-state index contributed by atoms with van der Waals surface area (Å²) in [5.74, 6) is -0.628. The molecule has 2 aromatic carbocycles. The summed E-state index contributed by atoms with van der Waals surface area (Å²) in [6, 6.07) is 10.5. The van der Waals surface area contributed by atoms with Crippen LogP contribution in [0.1, 0.15) is 39.9 Å². The zero-order valence-corrected chi connectivity index (χ0v) is 19.2. The molecule has 8 nitrogen and oxygen atoms in total. The fourth-order valence-electron chi connectivity index (χ4n) is 3.69. The lowest BCUT2D eigenvalue weighted by Gasteiger charge is -2.12. The lowest BCUT2D eigenvalue weighted by Crippen LogP contribution is -2.31. The van der Waals surface area contributed by atoms with E-state index in [4.69, 9.17) is 13.9 Å². The Morgan fingerprint density at radius 3 is 2.55 bits per heavy atom. The van der Waals surface area contributed by atoms with Crippen molar-refractivity contribution < 1.29 is 27.1 Å². The standard InChI is InChI=1S/C24H25NO7S/c1-15-10-21-18(12-23(26)32-22(21)11-16(15)2)14-31-24(27)17-5-7-20(8-6-17)33(28,29)25-13-19-4-3-9-30-19/h5-8,10-12,19,25H,3-4,9,13-14H2,1-2H3/t19-/m1/s1. The number of aryl methyl sites for hydroxylation is 2. The molecule has 0 radical (unpaired) electrons. The summed E-state index contributed by atoms with van der Waals surface area (Å²) >= 11 is 0. The topological polar surface area (TPSA) is 112 Å². The number of esters is 1. The van der Waals surface area contributed by atoms with Crippen molar-refractivity contribution in [1.29, 1.82) is 0 Å². The van der Waals surface area contributed by atoms with E-state index in [0.29, 0.717) is 23.1 Å². The van der Waals surface area contributed by atoms with Crippen molar-refractivity contribution >= 4 is 27.0 Å². The number of rotatable bonds is 7. The first-order valence-electron chi connectivity index (χ1n) is 10.7. The molecule has 0 unspecified atom stereocenters. The van der Waals surface area contributed by atoms with Gasteiger partial charge in [-0.25, -0.2) is 22.7 Å². The number of ether oxygens (including phenoxy) is 2. The molecule has 0 amide bonds. The van der Waals surface area contributed by atoms with Crippen molar-refractivity contribution in [3.63, 3.8) is 0 Å². The highest BCUT2D eigenvalue weighted by atomic mass is 32.2.